The van der Waals surface area contributed by atoms with E-state index in [1.807, 2.05) is 0 Å². The highest BCUT2D eigenvalue weighted by molar-refractivity contribution is 5.85. The summed E-state index contributed by atoms with van der Waals surface area (Å²) in [7, 11) is 0. The van der Waals surface area contributed by atoms with Crippen molar-refractivity contribution in [1.82, 2.24) is 4.90 Å². The van der Waals surface area contributed by atoms with Crippen LogP contribution in [0, 0.1) is 0 Å². The summed E-state index contributed by atoms with van der Waals surface area (Å²) in [5.74, 6) is 0. The van der Waals surface area contributed by atoms with Crippen LogP contribution in [0.1, 0.15) is 0 Å². The van der Waals surface area contributed by atoms with Crippen molar-refractivity contribution in [2.75, 3.05) is 13.2 Å². The third kappa shape index (κ3) is 1.35. The van der Waals surface area contributed by atoms with Crippen molar-refractivity contribution >= 4 is 18.5 Å². The van der Waals surface area contributed by atoms with Crippen LogP contribution in [-0.2, 0) is 4.74 Å². The molecule has 2 aliphatic heterocycles. The molecule has 2 rings (SSSR count). The minimum absolute atomic E-state index is 0. The molecule has 82 valence electrons. The van der Waals surface area contributed by atoms with Crippen LogP contribution in [0.25, 0.3) is 0 Å². The number of halogens is 1. The van der Waals surface area contributed by atoms with Crippen LogP contribution < -0.4 is 5.73 Å². The maximum atomic E-state index is 11.1. The molecule has 2 aliphatic rings. The lowest BCUT2D eigenvalue weighted by Gasteiger charge is -2.20. The first-order valence-electron chi connectivity index (χ1n) is 4.18. The van der Waals surface area contributed by atoms with E-state index in [1.165, 1.54) is 4.90 Å². The number of hydrogen-bond donors (Lipinski definition) is 3. The largest absolute Gasteiger partial charge is 0.447 e. The molecule has 7 heteroatoms. The Hall–Kier alpha value is -0.560. The Morgan fingerprint density at radius 1 is 1.50 bits per heavy atom. The summed E-state index contributed by atoms with van der Waals surface area (Å²) < 4.78 is 4.73. The molecule has 6 nitrogen and oxygen atoms in total. The number of ether oxygens (including phenoxy) is 1. The zero-order valence-electron chi connectivity index (χ0n) is 7.37. The van der Waals surface area contributed by atoms with E-state index in [-0.39, 0.29) is 25.6 Å². The number of hydrogen-bond acceptors (Lipinski definition) is 5. The number of cyclic esters (lactones) is 1. The molecule has 0 spiro atoms. The molecule has 0 aromatic heterocycles. The lowest BCUT2D eigenvalue weighted by atomic mass is 10.1. The topological polar surface area (TPSA) is 96.0 Å². The molecule has 0 saturated carbocycles. The van der Waals surface area contributed by atoms with Crippen molar-refractivity contribution < 1.29 is 19.7 Å². The Labute approximate surface area is 87.0 Å². The smallest absolute Gasteiger partial charge is 0.410 e. The molecule has 2 fully saturated rings. The van der Waals surface area contributed by atoms with Crippen LogP contribution in [0.15, 0.2) is 0 Å². The van der Waals surface area contributed by atoms with Gasteiger partial charge in [0.05, 0.1) is 12.1 Å². The molecular weight excluding hydrogens is 212 g/mol. The zero-order valence-corrected chi connectivity index (χ0v) is 8.18. The highest BCUT2D eigenvalue weighted by Crippen LogP contribution is 2.29. The Morgan fingerprint density at radius 3 is 2.71 bits per heavy atom. The molecule has 4 atom stereocenters. The molecule has 0 aliphatic carbocycles. The normalized spacial score (nSPS) is 40.5. The predicted molar refractivity (Wildman–Crippen MR) is 49.1 cm³/mol. The maximum absolute atomic E-state index is 11.1. The molecule has 2 saturated heterocycles. The number of rotatable bonds is 1. The SMILES string of the molecule is Cl.NC[C@@H]1[C@@H](O)[C@H](O)[C@@H]2COC(=O)N12. The van der Waals surface area contributed by atoms with Gasteiger partial charge in [-0.3, -0.25) is 4.90 Å². The highest BCUT2D eigenvalue weighted by Gasteiger charge is 2.53. The number of fused-ring (bicyclic) bond motifs is 1. The Kier molecular flexibility index (Phi) is 3.20. The first-order chi connectivity index (χ1) is 6.16. The molecule has 2 heterocycles. The number of carbonyl (C=O) groups is 1. The van der Waals surface area contributed by atoms with Crippen LogP contribution >= 0.6 is 12.4 Å². The molecule has 14 heavy (non-hydrogen) atoms. The summed E-state index contributed by atoms with van der Waals surface area (Å²) in [5, 5.41) is 19.0. The summed E-state index contributed by atoms with van der Waals surface area (Å²) >= 11 is 0. The van der Waals surface area contributed by atoms with Gasteiger partial charge in [0.2, 0.25) is 0 Å². The average molecular weight is 225 g/mol. The Balaban J connectivity index is 0.000000980. The van der Waals surface area contributed by atoms with E-state index in [0.717, 1.165) is 0 Å². The first kappa shape index (κ1) is 11.5. The molecule has 0 aromatic carbocycles. The van der Waals surface area contributed by atoms with Gasteiger partial charge >= 0.3 is 6.09 Å². The van der Waals surface area contributed by atoms with E-state index < -0.39 is 30.4 Å². The van der Waals surface area contributed by atoms with Gasteiger partial charge < -0.3 is 20.7 Å². The lowest BCUT2D eigenvalue weighted by molar-refractivity contribution is 0.0198. The highest BCUT2D eigenvalue weighted by atomic mass is 35.5. The third-order valence-corrected chi connectivity index (χ3v) is 2.68. The molecular formula is C7H13ClN2O4. The third-order valence-electron chi connectivity index (χ3n) is 2.68. The fraction of sp³-hybridized carbons (Fsp3) is 0.857. The van der Waals surface area contributed by atoms with Gasteiger partial charge in [-0.1, -0.05) is 0 Å². The van der Waals surface area contributed by atoms with E-state index in [9.17, 15) is 15.0 Å². The van der Waals surface area contributed by atoms with Crippen LogP contribution in [0.3, 0.4) is 0 Å². The molecule has 4 N–H and O–H groups in total. The van der Waals surface area contributed by atoms with E-state index in [1.54, 1.807) is 0 Å². The Bertz CT molecular complexity index is 238. The van der Waals surface area contributed by atoms with E-state index in [0.29, 0.717) is 0 Å². The average Bonchev–Trinajstić information content (AvgIpc) is 2.58. The van der Waals surface area contributed by atoms with Gasteiger partial charge in [-0.15, -0.1) is 12.4 Å². The standard InChI is InChI=1S/C7H12N2O4.ClH/c8-1-3-5(10)6(11)4-2-13-7(12)9(3)4;/h3-6,10-11H,1-2,8H2;1H/t3-,4+,5-,6-;/m1./s1. The van der Waals surface area contributed by atoms with Crippen molar-refractivity contribution in [3.63, 3.8) is 0 Å². The number of aliphatic hydroxyl groups is 2. The zero-order chi connectivity index (χ0) is 9.59. The summed E-state index contributed by atoms with van der Waals surface area (Å²) in [5.41, 5.74) is 5.38. The van der Waals surface area contributed by atoms with Crippen molar-refractivity contribution in [1.29, 1.82) is 0 Å². The molecule has 0 aromatic rings. The molecule has 0 radical (unpaired) electrons. The van der Waals surface area contributed by atoms with Crippen LogP contribution in [0.2, 0.25) is 0 Å². The van der Waals surface area contributed by atoms with E-state index in [4.69, 9.17) is 10.5 Å². The van der Waals surface area contributed by atoms with Gasteiger partial charge in [-0.25, -0.2) is 4.79 Å². The fourth-order valence-corrected chi connectivity index (χ4v) is 1.96. The van der Waals surface area contributed by atoms with Crippen LogP contribution in [0.5, 0.6) is 0 Å². The molecule has 1 amide bonds. The van der Waals surface area contributed by atoms with Crippen LogP contribution in [0.4, 0.5) is 4.79 Å². The lowest BCUT2D eigenvalue weighted by Crippen LogP contribution is -2.43. The van der Waals surface area contributed by atoms with Crippen molar-refractivity contribution in [3.8, 4) is 0 Å². The number of nitrogens with zero attached hydrogens (tertiary/aromatic N) is 1. The first-order valence-corrected chi connectivity index (χ1v) is 4.18. The molecule has 0 bridgehead atoms. The van der Waals surface area contributed by atoms with Crippen molar-refractivity contribution in [2.45, 2.75) is 24.3 Å². The van der Waals surface area contributed by atoms with Gasteiger partial charge in [0.25, 0.3) is 0 Å². The van der Waals surface area contributed by atoms with Gasteiger partial charge in [-0.2, -0.15) is 0 Å². The second kappa shape index (κ2) is 3.90. The monoisotopic (exact) mass is 224 g/mol. The van der Waals surface area contributed by atoms with Crippen molar-refractivity contribution in [2.24, 2.45) is 5.73 Å². The second-order valence-electron chi connectivity index (χ2n) is 3.34. The predicted octanol–water partition coefficient (Wildman–Crippen LogP) is -1.71. The molecule has 0 unspecified atom stereocenters. The van der Waals surface area contributed by atoms with E-state index >= 15 is 0 Å². The quantitative estimate of drug-likeness (QED) is 0.493. The van der Waals surface area contributed by atoms with Gasteiger partial charge in [-0.05, 0) is 0 Å². The van der Waals surface area contributed by atoms with Gasteiger partial charge in [0.1, 0.15) is 18.8 Å². The summed E-state index contributed by atoms with van der Waals surface area (Å²) in [6.07, 6.45) is -2.40. The van der Waals surface area contributed by atoms with Gasteiger partial charge in [0, 0.05) is 6.54 Å². The number of aliphatic hydroxyl groups excluding tert-OH is 2. The summed E-state index contributed by atoms with van der Waals surface area (Å²) in [6.45, 7) is 0.261. The fourth-order valence-electron chi connectivity index (χ4n) is 1.96. The number of carbonyl (C=O) groups excluding carboxylic acids is 1. The van der Waals surface area contributed by atoms with Crippen molar-refractivity contribution in [3.05, 3.63) is 0 Å². The minimum atomic E-state index is -0.956. The second-order valence-corrected chi connectivity index (χ2v) is 3.34. The number of nitrogens with two attached hydrogens (primary N) is 1. The van der Waals surface area contributed by atoms with Crippen LogP contribution in [-0.4, -0.2) is 58.6 Å². The summed E-state index contributed by atoms with van der Waals surface area (Å²) in [6, 6.07) is -0.953. The maximum Gasteiger partial charge on any atom is 0.410 e. The number of amides is 1. The van der Waals surface area contributed by atoms with E-state index in [2.05, 4.69) is 0 Å². The minimum Gasteiger partial charge on any atom is -0.447 e. The summed E-state index contributed by atoms with van der Waals surface area (Å²) in [4.78, 5) is 12.5. The van der Waals surface area contributed by atoms with Gasteiger partial charge in [0.15, 0.2) is 0 Å². The Morgan fingerprint density at radius 2 is 2.14 bits per heavy atom.